The lowest BCUT2D eigenvalue weighted by Crippen LogP contribution is -2.50. The van der Waals surface area contributed by atoms with E-state index in [-0.39, 0.29) is 16.8 Å². The Bertz CT molecular complexity index is 1100. The lowest BCUT2D eigenvalue weighted by atomic mass is 9.94. The maximum atomic E-state index is 13.3. The summed E-state index contributed by atoms with van der Waals surface area (Å²) < 4.78 is 29.1. The third-order valence-electron chi connectivity index (χ3n) is 6.32. The molecule has 0 radical (unpaired) electrons. The van der Waals surface area contributed by atoms with E-state index in [1.165, 1.54) is 0 Å². The number of fused-ring (bicyclic) bond motifs is 1. The summed E-state index contributed by atoms with van der Waals surface area (Å²) in [7, 11) is -3.90. The topological polar surface area (TPSA) is 131 Å². The molecule has 1 amide bonds. The fourth-order valence-electron chi connectivity index (χ4n) is 4.28. The Labute approximate surface area is 196 Å². The van der Waals surface area contributed by atoms with E-state index < -0.39 is 16.1 Å². The largest absolute Gasteiger partial charge is 0.370 e. The van der Waals surface area contributed by atoms with Crippen LogP contribution in [-0.4, -0.2) is 50.9 Å². The van der Waals surface area contributed by atoms with E-state index >= 15 is 0 Å². The summed E-state index contributed by atoms with van der Waals surface area (Å²) in [6.45, 7) is 5.79. The predicted molar refractivity (Wildman–Crippen MR) is 132 cm³/mol. The molecule has 1 atom stereocenters. The van der Waals surface area contributed by atoms with Gasteiger partial charge in [-0.25, -0.2) is 8.42 Å². The Kier molecular flexibility index (Phi) is 8.31. The van der Waals surface area contributed by atoms with Crippen molar-refractivity contribution in [3.8, 4) is 0 Å². The number of rotatable bonds is 9. The van der Waals surface area contributed by atoms with Gasteiger partial charge in [0.2, 0.25) is 15.9 Å². The standard InChI is InChI=1S/C24H35N5O3S/c1-3-18-10-13-29(14-11-18)23(30)22(5-4-12-27-24(25)26)28-33(31,32)21-9-8-19-15-17(2)6-7-20(19)16-21/h6-9,15-16,18,22,28H,3-5,10-14H2,1-2H3,(H4,25,26,27)/t22-/m0/s1. The number of hydrogen-bond acceptors (Lipinski definition) is 4. The van der Waals surface area contributed by atoms with Gasteiger partial charge in [-0.05, 0) is 61.4 Å². The van der Waals surface area contributed by atoms with Crippen LogP contribution in [0.3, 0.4) is 0 Å². The molecule has 9 heteroatoms. The second kappa shape index (κ2) is 11.0. The fourth-order valence-corrected chi connectivity index (χ4v) is 5.54. The van der Waals surface area contributed by atoms with Gasteiger partial charge in [-0.2, -0.15) is 4.72 Å². The van der Waals surface area contributed by atoms with Crippen LogP contribution in [0.2, 0.25) is 0 Å². The number of nitrogens with two attached hydrogens (primary N) is 2. The number of aryl methyl sites for hydroxylation is 1. The fraction of sp³-hybridized carbons (Fsp3) is 0.500. The molecule has 0 spiro atoms. The normalized spacial score (nSPS) is 16.0. The molecule has 5 N–H and O–H groups in total. The second-order valence-corrected chi connectivity index (χ2v) is 10.5. The number of likely N-dealkylation sites (tertiary alicyclic amines) is 1. The van der Waals surface area contributed by atoms with Crippen molar-refractivity contribution >= 4 is 32.7 Å². The summed E-state index contributed by atoms with van der Waals surface area (Å²) >= 11 is 0. The number of nitrogens with zero attached hydrogens (tertiary/aromatic N) is 2. The summed E-state index contributed by atoms with van der Waals surface area (Å²) in [5.41, 5.74) is 11.9. The van der Waals surface area contributed by atoms with E-state index in [1.54, 1.807) is 23.1 Å². The highest BCUT2D eigenvalue weighted by Crippen LogP contribution is 2.23. The van der Waals surface area contributed by atoms with E-state index in [4.69, 9.17) is 11.5 Å². The first-order chi connectivity index (χ1) is 15.7. The highest BCUT2D eigenvalue weighted by atomic mass is 32.2. The summed E-state index contributed by atoms with van der Waals surface area (Å²) in [6, 6.07) is 10.0. The molecule has 0 bridgehead atoms. The van der Waals surface area contributed by atoms with Crippen LogP contribution in [0.25, 0.3) is 10.8 Å². The maximum absolute atomic E-state index is 13.3. The molecule has 0 unspecified atom stereocenters. The summed E-state index contributed by atoms with van der Waals surface area (Å²) in [5, 5.41) is 1.80. The maximum Gasteiger partial charge on any atom is 0.241 e. The van der Waals surface area contributed by atoms with Crippen LogP contribution < -0.4 is 16.2 Å². The van der Waals surface area contributed by atoms with E-state index in [2.05, 4.69) is 16.6 Å². The molecule has 2 aromatic rings. The summed E-state index contributed by atoms with van der Waals surface area (Å²) in [6.07, 6.45) is 3.78. The molecule has 1 aliphatic rings. The zero-order valence-corrected chi connectivity index (χ0v) is 20.3. The number of benzene rings is 2. The van der Waals surface area contributed by atoms with E-state index in [1.807, 2.05) is 25.1 Å². The van der Waals surface area contributed by atoms with Crippen LogP contribution in [0.15, 0.2) is 46.3 Å². The molecule has 1 aliphatic heterocycles. The molecule has 0 aliphatic carbocycles. The smallest absolute Gasteiger partial charge is 0.241 e. The molecule has 33 heavy (non-hydrogen) atoms. The second-order valence-electron chi connectivity index (χ2n) is 8.81. The van der Waals surface area contributed by atoms with Crippen molar-refractivity contribution in [3.05, 3.63) is 42.0 Å². The van der Waals surface area contributed by atoms with Gasteiger partial charge in [-0.3, -0.25) is 9.79 Å². The predicted octanol–water partition coefficient (Wildman–Crippen LogP) is 2.50. The highest BCUT2D eigenvalue weighted by Gasteiger charge is 2.31. The lowest BCUT2D eigenvalue weighted by Gasteiger charge is -2.34. The summed E-state index contributed by atoms with van der Waals surface area (Å²) in [5.74, 6) is 0.410. The van der Waals surface area contributed by atoms with Crippen LogP contribution in [0.1, 0.15) is 44.6 Å². The third-order valence-corrected chi connectivity index (χ3v) is 7.79. The Balaban J connectivity index is 1.79. The molecule has 8 nitrogen and oxygen atoms in total. The SMILES string of the molecule is CCC1CCN(C(=O)[C@H](CCCN=C(N)N)NS(=O)(=O)c2ccc3cc(C)ccc3c2)CC1. The van der Waals surface area contributed by atoms with Gasteiger partial charge < -0.3 is 16.4 Å². The summed E-state index contributed by atoms with van der Waals surface area (Å²) in [4.78, 5) is 19.2. The minimum Gasteiger partial charge on any atom is -0.370 e. The molecule has 0 saturated carbocycles. The number of carbonyl (C=O) groups excluding carboxylic acids is 1. The van der Waals surface area contributed by atoms with Gasteiger partial charge in [0.25, 0.3) is 0 Å². The first-order valence-electron chi connectivity index (χ1n) is 11.6. The quantitative estimate of drug-likeness (QED) is 0.293. The van der Waals surface area contributed by atoms with Crippen molar-refractivity contribution in [1.29, 1.82) is 0 Å². The van der Waals surface area contributed by atoms with Crippen molar-refractivity contribution in [2.24, 2.45) is 22.4 Å². The number of sulfonamides is 1. The highest BCUT2D eigenvalue weighted by molar-refractivity contribution is 7.89. The van der Waals surface area contributed by atoms with Gasteiger partial charge in [0.1, 0.15) is 6.04 Å². The molecule has 1 fully saturated rings. The van der Waals surface area contributed by atoms with Gasteiger partial charge in [0, 0.05) is 19.6 Å². The number of hydrogen-bond donors (Lipinski definition) is 3. The minimum atomic E-state index is -3.90. The van der Waals surface area contributed by atoms with E-state index in [9.17, 15) is 13.2 Å². The van der Waals surface area contributed by atoms with Crippen molar-refractivity contribution in [1.82, 2.24) is 9.62 Å². The minimum absolute atomic E-state index is 0.0218. The third kappa shape index (κ3) is 6.68. The molecular formula is C24H35N5O3S. The molecule has 1 heterocycles. The van der Waals surface area contributed by atoms with Gasteiger partial charge >= 0.3 is 0 Å². The van der Waals surface area contributed by atoms with Crippen LogP contribution in [-0.2, 0) is 14.8 Å². The zero-order chi connectivity index (χ0) is 24.0. The van der Waals surface area contributed by atoms with Crippen molar-refractivity contribution in [2.45, 2.75) is 56.9 Å². The number of carbonyl (C=O) groups is 1. The first-order valence-corrected chi connectivity index (χ1v) is 13.0. The molecule has 2 aromatic carbocycles. The number of guanidine groups is 1. The number of amides is 1. The Morgan fingerprint density at radius 2 is 1.82 bits per heavy atom. The number of nitrogens with one attached hydrogen (secondary N) is 1. The van der Waals surface area contributed by atoms with Gasteiger partial charge in [0.15, 0.2) is 5.96 Å². The first kappa shape index (κ1) is 25.0. The Hall–Kier alpha value is -2.65. The molecule has 0 aromatic heterocycles. The molecular weight excluding hydrogens is 438 g/mol. The lowest BCUT2D eigenvalue weighted by molar-refractivity contribution is -0.134. The van der Waals surface area contributed by atoms with E-state index in [0.29, 0.717) is 38.4 Å². The van der Waals surface area contributed by atoms with E-state index in [0.717, 1.165) is 35.6 Å². The van der Waals surface area contributed by atoms with Gasteiger partial charge in [-0.15, -0.1) is 0 Å². The molecule has 3 rings (SSSR count). The zero-order valence-electron chi connectivity index (χ0n) is 19.5. The van der Waals surface area contributed by atoms with Crippen molar-refractivity contribution < 1.29 is 13.2 Å². The van der Waals surface area contributed by atoms with Crippen LogP contribution >= 0.6 is 0 Å². The molecule has 1 saturated heterocycles. The van der Waals surface area contributed by atoms with Crippen molar-refractivity contribution in [3.63, 3.8) is 0 Å². The van der Waals surface area contributed by atoms with Crippen molar-refractivity contribution in [2.75, 3.05) is 19.6 Å². The van der Waals surface area contributed by atoms with Crippen LogP contribution in [0.4, 0.5) is 0 Å². The average Bonchev–Trinajstić information content (AvgIpc) is 2.80. The average molecular weight is 474 g/mol. The van der Waals surface area contributed by atoms with Crippen LogP contribution in [0.5, 0.6) is 0 Å². The Morgan fingerprint density at radius 1 is 1.15 bits per heavy atom. The van der Waals surface area contributed by atoms with Crippen LogP contribution in [0, 0.1) is 12.8 Å². The monoisotopic (exact) mass is 473 g/mol. The Morgan fingerprint density at radius 3 is 2.48 bits per heavy atom. The van der Waals surface area contributed by atoms with Gasteiger partial charge in [0.05, 0.1) is 4.90 Å². The number of aliphatic imine (C=N–C) groups is 1. The number of piperidine rings is 1. The molecule has 180 valence electrons. The van der Waals surface area contributed by atoms with Gasteiger partial charge in [-0.1, -0.05) is 43.2 Å².